The van der Waals surface area contributed by atoms with Crippen molar-refractivity contribution in [2.45, 2.75) is 65.7 Å². The Labute approximate surface area is 230 Å². The first kappa shape index (κ1) is 30.6. The van der Waals surface area contributed by atoms with Crippen molar-refractivity contribution in [1.82, 2.24) is 4.90 Å². The number of Topliss-reactive ketones (excluding diaryl/α,β-unsaturated/α-hetero) is 1. The summed E-state index contributed by atoms with van der Waals surface area (Å²) in [6.45, 7) is 12.5. The fraction of sp³-hybridized carbons (Fsp3) is 0.424. The summed E-state index contributed by atoms with van der Waals surface area (Å²) in [6, 6.07) is 24.7. The topological polar surface area (TPSA) is 29.5 Å². The summed E-state index contributed by atoms with van der Waals surface area (Å²) in [4.78, 5) is 16.0. The number of hydrogen-bond donors (Lipinski definition) is 0. The predicted octanol–water partition coefficient (Wildman–Crippen LogP) is 8.41. The van der Waals surface area contributed by atoms with Crippen molar-refractivity contribution in [3.63, 3.8) is 0 Å². The van der Waals surface area contributed by atoms with Gasteiger partial charge in [0.25, 0.3) is 0 Å². The van der Waals surface area contributed by atoms with E-state index in [0.29, 0.717) is 13.0 Å². The average molecular weight is 522 g/mol. The largest absolute Gasteiger partial charge is 0.492 e. The molecule has 0 saturated heterocycles. The minimum absolute atomic E-state index is 0. The van der Waals surface area contributed by atoms with E-state index in [2.05, 4.69) is 56.9 Å². The molecule has 0 unspecified atom stereocenters. The number of unbranched alkanes of at least 4 members (excludes halogenated alkanes) is 2. The molecule has 0 aliphatic carbocycles. The second-order valence-electron chi connectivity index (χ2n) is 9.84. The highest BCUT2D eigenvalue weighted by Crippen LogP contribution is 2.31. The molecule has 0 amide bonds. The molecule has 0 aliphatic rings. The number of aryl methyl sites for hydroxylation is 2. The first-order valence-corrected chi connectivity index (χ1v) is 13.6. The zero-order valence-electron chi connectivity index (χ0n) is 23.0. The van der Waals surface area contributed by atoms with Gasteiger partial charge in [0.2, 0.25) is 0 Å². The Morgan fingerprint density at radius 2 is 1.27 bits per heavy atom. The Kier molecular flexibility index (Phi) is 13.5. The van der Waals surface area contributed by atoms with Crippen molar-refractivity contribution in [3.8, 4) is 5.75 Å². The van der Waals surface area contributed by atoms with E-state index >= 15 is 0 Å². The van der Waals surface area contributed by atoms with E-state index in [1.54, 1.807) is 0 Å². The molecule has 0 N–H and O–H groups in total. The van der Waals surface area contributed by atoms with Crippen molar-refractivity contribution in [2.75, 3.05) is 26.2 Å². The van der Waals surface area contributed by atoms with Gasteiger partial charge >= 0.3 is 0 Å². The molecule has 0 radical (unpaired) electrons. The van der Waals surface area contributed by atoms with Gasteiger partial charge in [0.05, 0.1) is 0 Å². The molecule has 0 spiro atoms. The quantitative estimate of drug-likeness (QED) is 0.188. The zero-order valence-corrected chi connectivity index (χ0v) is 23.9. The smallest absolute Gasteiger partial charge is 0.163 e. The van der Waals surface area contributed by atoms with Crippen LogP contribution >= 0.6 is 12.4 Å². The van der Waals surface area contributed by atoms with E-state index in [1.807, 2.05) is 48.5 Å². The maximum absolute atomic E-state index is 13.5. The predicted molar refractivity (Wildman–Crippen MR) is 159 cm³/mol. The summed E-state index contributed by atoms with van der Waals surface area (Å²) in [5.41, 5.74) is 5.16. The molecule has 0 aromatic heterocycles. The molecule has 3 aromatic rings. The van der Waals surface area contributed by atoms with Gasteiger partial charge in [-0.3, -0.25) is 9.69 Å². The molecule has 0 heterocycles. The fourth-order valence-corrected chi connectivity index (χ4v) is 4.82. The third-order valence-electron chi connectivity index (χ3n) is 6.89. The molecule has 3 aromatic carbocycles. The van der Waals surface area contributed by atoms with Crippen LogP contribution in [0.3, 0.4) is 0 Å². The van der Waals surface area contributed by atoms with Gasteiger partial charge in [-0.1, -0.05) is 87.4 Å². The third-order valence-corrected chi connectivity index (χ3v) is 6.89. The normalized spacial score (nSPS) is 11.0. The van der Waals surface area contributed by atoms with Crippen LogP contribution in [0.4, 0.5) is 0 Å². The lowest BCUT2D eigenvalue weighted by Gasteiger charge is -2.23. The summed E-state index contributed by atoms with van der Waals surface area (Å²) >= 11 is 0. The van der Waals surface area contributed by atoms with Crippen molar-refractivity contribution < 1.29 is 9.53 Å². The summed E-state index contributed by atoms with van der Waals surface area (Å²) < 4.78 is 6.26. The van der Waals surface area contributed by atoms with Gasteiger partial charge in [0.15, 0.2) is 5.78 Å². The molecule has 0 aliphatic heterocycles. The third kappa shape index (κ3) is 9.32. The molecule has 3 nitrogen and oxygen atoms in total. The number of carbonyl (C=O) groups excluding carboxylic acids is 1. The van der Waals surface area contributed by atoms with E-state index in [9.17, 15) is 4.79 Å². The van der Waals surface area contributed by atoms with Gasteiger partial charge in [-0.15, -0.1) is 12.4 Å². The minimum Gasteiger partial charge on any atom is -0.492 e. The molecule has 200 valence electrons. The molecular weight excluding hydrogens is 478 g/mol. The highest BCUT2D eigenvalue weighted by atomic mass is 35.5. The molecule has 0 atom stereocenters. The maximum atomic E-state index is 13.5. The molecule has 37 heavy (non-hydrogen) atoms. The minimum atomic E-state index is 0. The summed E-state index contributed by atoms with van der Waals surface area (Å²) in [6.07, 6.45) is 5.33. The van der Waals surface area contributed by atoms with E-state index in [0.717, 1.165) is 42.1 Å². The van der Waals surface area contributed by atoms with Crippen LogP contribution in [0.25, 0.3) is 0 Å². The van der Waals surface area contributed by atoms with Gasteiger partial charge < -0.3 is 4.74 Å². The number of ketones is 1. The van der Waals surface area contributed by atoms with E-state index < -0.39 is 0 Å². The van der Waals surface area contributed by atoms with Crippen LogP contribution in [0.15, 0.2) is 72.8 Å². The van der Waals surface area contributed by atoms with Gasteiger partial charge in [-0.05, 0) is 74.2 Å². The van der Waals surface area contributed by atoms with Crippen LogP contribution in [0, 0.1) is 13.8 Å². The lowest BCUT2D eigenvalue weighted by atomic mass is 9.85. The van der Waals surface area contributed by atoms with Crippen molar-refractivity contribution in [3.05, 3.63) is 101 Å². The van der Waals surface area contributed by atoms with Gasteiger partial charge in [0, 0.05) is 24.4 Å². The average Bonchev–Trinajstić information content (AvgIpc) is 2.90. The van der Waals surface area contributed by atoms with Crippen LogP contribution in [0.2, 0.25) is 0 Å². The van der Waals surface area contributed by atoms with Crippen molar-refractivity contribution in [2.24, 2.45) is 0 Å². The van der Waals surface area contributed by atoms with Gasteiger partial charge in [0.1, 0.15) is 12.4 Å². The van der Waals surface area contributed by atoms with Crippen molar-refractivity contribution >= 4 is 18.2 Å². The lowest BCUT2D eigenvalue weighted by molar-refractivity contribution is 0.0977. The Morgan fingerprint density at radius 3 is 1.73 bits per heavy atom. The second-order valence-corrected chi connectivity index (χ2v) is 9.84. The van der Waals surface area contributed by atoms with Crippen molar-refractivity contribution in [1.29, 1.82) is 0 Å². The van der Waals surface area contributed by atoms with Crippen LogP contribution in [-0.2, 0) is 0 Å². The Hall–Kier alpha value is -2.62. The first-order valence-electron chi connectivity index (χ1n) is 13.6. The zero-order chi connectivity index (χ0) is 25.8. The number of nitrogens with zero attached hydrogens (tertiary/aromatic N) is 1. The standard InChI is InChI=1S/C33H43NO2.ClH/c1-5-7-19-34(20-8-6-2)21-22-36-33-26(3)23-30(24-27(33)4)32(35)25-31(28-15-11-9-12-16-28)29-17-13-10-14-18-29;/h9-18,23-24,31H,5-8,19-22,25H2,1-4H3;1H. The first-order chi connectivity index (χ1) is 17.5. The Bertz CT molecular complexity index is 998. The highest BCUT2D eigenvalue weighted by Gasteiger charge is 2.20. The number of halogens is 1. The fourth-order valence-electron chi connectivity index (χ4n) is 4.82. The molecule has 3 rings (SSSR count). The number of hydrogen-bond acceptors (Lipinski definition) is 3. The SMILES string of the molecule is CCCCN(CCCC)CCOc1c(C)cc(C(=O)CC(c2ccccc2)c2ccccc2)cc1C.Cl. The van der Waals surface area contributed by atoms with E-state index in [-0.39, 0.29) is 24.1 Å². The molecular formula is C33H44ClNO2. The Balaban J connectivity index is 0.00000481. The maximum Gasteiger partial charge on any atom is 0.163 e. The summed E-state index contributed by atoms with van der Waals surface area (Å²) in [5.74, 6) is 1.12. The number of benzene rings is 3. The van der Waals surface area contributed by atoms with Gasteiger partial charge in [-0.25, -0.2) is 0 Å². The molecule has 0 fully saturated rings. The summed E-state index contributed by atoms with van der Waals surface area (Å²) in [7, 11) is 0. The van der Waals surface area contributed by atoms with Crippen LogP contribution < -0.4 is 4.74 Å². The second kappa shape index (κ2) is 16.3. The number of ether oxygens (including phenoxy) is 1. The van der Waals surface area contributed by atoms with E-state index in [1.165, 1.54) is 36.8 Å². The molecule has 0 saturated carbocycles. The monoisotopic (exact) mass is 521 g/mol. The Morgan fingerprint density at radius 1 is 0.784 bits per heavy atom. The van der Waals surface area contributed by atoms with E-state index in [4.69, 9.17) is 4.74 Å². The van der Waals surface area contributed by atoms with Crippen LogP contribution in [-0.4, -0.2) is 36.9 Å². The van der Waals surface area contributed by atoms with Crippen LogP contribution in [0.5, 0.6) is 5.75 Å². The lowest BCUT2D eigenvalue weighted by Crippen LogP contribution is -2.30. The van der Waals surface area contributed by atoms with Gasteiger partial charge in [-0.2, -0.15) is 0 Å². The summed E-state index contributed by atoms with van der Waals surface area (Å²) in [5, 5.41) is 0. The molecule has 0 bridgehead atoms. The number of carbonyl (C=O) groups is 1. The molecule has 4 heteroatoms. The van der Waals surface area contributed by atoms with Crippen LogP contribution in [0.1, 0.15) is 84.5 Å². The highest BCUT2D eigenvalue weighted by molar-refractivity contribution is 5.97. The number of rotatable bonds is 15.